The molecule has 3 rings (SSSR count). The van der Waals surface area contributed by atoms with Gasteiger partial charge in [-0.2, -0.15) is 0 Å². The second-order valence-corrected chi connectivity index (χ2v) is 9.33. The molecule has 8 heteroatoms. The Morgan fingerprint density at radius 2 is 1.86 bits per heavy atom. The number of rotatable bonds is 5. The molecule has 1 amide bonds. The Bertz CT molecular complexity index is 959. The van der Waals surface area contributed by atoms with Crippen LogP contribution in [0.4, 0.5) is 11.4 Å². The number of carbonyl (C=O) groups is 1. The number of nitrogens with zero attached hydrogens (tertiary/aromatic N) is 1. The topological polar surface area (TPSA) is 75.7 Å². The quantitative estimate of drug-likeness (QED) is 0.778. The number of hydrogen-bond donors (Lipinski definition) is 1. The number of benzene rings is 2. The maximum Gasteiger partial charge on any atom is 0.255 e. The third-order valence-electron chi connectivity index (χ3n) is 4.31. The number of sulfonamides is 1. The SMILES string of the molecule is CC(C)Oc1ccc(NC(=O)c2ccc(Cl)c(N3CCCCS3(=O)=O)c2)cc1. The van der Waals surface area contributed by atoms with Crippen LogP contribution in [0, 0.1) is 0 Å². The van der Waals surface area contributed by atoms with Gasteiger partial charge < -0.3 is 10.1 Å². The molecule has 1 N–H and O–H groups in total. The van der Waals surface area contributed by atoms with Gasteiger partial charge in [0.05, 0.1) is 22.6 Å². The van der Waals surface area contributed by atoms with Crippen molar-refractivity contribution in [3.05, 3.63) is 53.1 Å². The van der Waals surface area contributed by atoms with Crippen molar-refractivity contribution >= 4 is 38.9 Å². The third-order valence-corrected chi connectivity index (χ3v) is 6.49. The average Bonchev–Trinajstić information content (AvgIpc) is 2.63. The Labute approximate surface area is 170 Å². The zero-order valence-electron chi connectivity index (χ0n) is 15.8. The van der Waals surface area contributed by atoms with E-state index in [1.807, 2.05) is 13.8 Å². The van der Waals surface area contributed by atoms with Crippen LogP contribution in [-0.4, -0.2) is 32.7 Å². The fourth-order valence-corrected chi connectivity index (χ4v) is 4.91. The molecule has 0 aliphatic carbocycles. The van der Waals surface area contributed by atoms with E-state index < -0.39 is 10.0 Å². The number of hydrogen-bond acceptors (Lipinski definition) is 4. The second kappa shape index (κ2) is 8.41. The third kappa shape index (κ3) is 4.77. The predicted octanol–water partition coefficient (Wildman–Crippen LogP) is 4.31. The Morgan fingerprint density at radius 1 is 1.14 bits per heavy atom. The lowest BCUT2D eigenvalue weighted by molar-refractivity contribution is 0.102. The van der Waals surface area contributed by atoms with E-state index >= 15 is 0 Å². The van der Waals surface area contributed by atoms with Gasteiger partial charge >= 0.3 is 0 Å². The molecule has 1 fully saturated rings. The molecule has 150 valence electrons. The van der Waals surface area contributed by atoms with Gasteiger partial charge in [0.15, 0.2) is 0 Å². The van der Waals surface area contributed by atoms with Gasteiger partial charge in [-0.25, -0.2) is 8.42 Å². The van der Waals surface area contributed by atoms with Crippen LogP contribution in [0.3, 0.4) is 0 Å². The average molecular weight is 423 g/mol. The van der Waals surface area contributed by atoms with Gasteiger partial charge in [-0.05, 0) is 69.2 Å². The Kier molecular flexibility index (Phi) is 6.15. The molecule has 0 radical (unpaired) electrons. The normalized spacial score (nSPS) is 16.1. The summed E-state index contributed by atoms with van der Waals surface area (Å²) in [5, 5.41) is 3.11. The molecule has 1 saturated heterocycles. The molecule has 0 atom stereocenters. The molecule has 0 bridgehead atoms. The van der Waals surface area contributed by atoms with Crippen molar-refractivity contribution < 1.29 is 17.9 Å². The van der Waals surface area contributed by atoms with E-state index in [0.29, 0.717) is 34.9 Å². The van der Waals surface area contributed by atoms with E-state index in [1.165, 1.54) is 10.4 Å². The zero-order valence-corrected chi connectivity index (χ0v) is 17.4. The molecule has 0 aromatic heterocycles. The van der Waals surface area contributed by atoms with Gasteiger partial charge in [0.25, 0.3) is 5.91 Å². The molecule has 0 spiro atoms. The van der Waals surface area contributed by atoms with Crippen LogP contribution in [0.2, 0.25) is 5.02 Å². The summed E-state index contributed by atoms with van der Waals surface area (Å²) in [4.78, 5) is 12.6. The number of ether oxygens (including phenoxy) is 1. The summed E-state index contributed by atoms with van der Waals surface area (Å²) in [6.07, 6.45) is 1.46. The minimum absolute atomic E-state index is 0.0685. The first kappa shape index (κ1) is 20.5. The van der Waals surface area contributed by atoms with Crippen molar-refractivity contribution in [2.45, 2.75) is 32.8 Å². The lowest BCUT2D eigenvalue weighted by Crippen LogP contribution is -2.38. The number of carbonyl (C=O) groups excluding carboxylic acids is 1. The van der Waals surface area contributed by atoms with Gasteiger partial charge in [0.2, 0.25) is 10.0 Å². The summed E-state index contributed by atoms with van der Waals surface area (Å²) in [5.41, 5.74) is 1.29. The number of anilines is 2. The van der Waals surface area contributed by atoms with Gasteiger partial charge in [0, 0.05) is 17.8 Å². The highest BCUT2D eigenvalue weighted by Gasteiger charge is 2.28. The standard InChI is InChI=1S/C20H23ClN2O4S/c1-14(2)27-17-8-6-16(7-9-17)22-20(24)15-5-10-18(21)19(13-15)23-11-3-4-12-28(23,25)26/h5-10,13-14H,3-4,11-12H2,1-2H3,(H,22,24). The first-order valence-electron chi connectivity index (χ1n) is 9.14. The van der Waals surface area contributed by atoms with Gasteiger partial charge in [0.1, 0.15) is 5.75 Å². The van der Waals surface area contributed by atoms with E-state index in [-0.39, 0.29) is 17.8 Å². The van der Waals surface area contributed by atoms with E-state index in [2.05, 4.69) is 5.32 Å². The molecule has 0 unspecified atom stereocenters. The van der Waals surface area contributed by atoms with Gasteiger partial charge in [-0.15, -0.1) is 0 Å². The highest BCUT2D eigenvalue weighted by Crippen LogP contribution is 2.32. The summed E-state index contributed by atoms with van der Waals surface area (Å²) in [6, 6.07) is 11.7. The summed E-state index contributed by atoms with van der Waals surface area (Å²) in [5.74, 6) is 0.465. The summed E-state index contributed by atoms with van der Waals surface area (Å²) >= 11 is 6.23. The highest BCUT2D eigenvalue weighted by molar-refractivity contribution is 7.92. The fourth-order valence-electron chi connectivity index (χ4n) is 3.00. The predicted molar refractivity (Wildman–Crippen MR) is 112 cm³/mol. The van der Waals surface area contributed by atoms with E-state index in [4.69, 9.17) is 16.3 Å². The van der Waals surface area contributed by atoms with Gasteiger partial charge in [-0.3, -0.25) is 9.10 Å². The molecular formula is C20H23ClN2O4S. The maximum absolute atomic E-state index is 12.6. The van der Waals surface area contributed by atoms with Crippen LogP contribution in [0.5, 0.6) is 5.75 Å². The maximum atomic E-state index is 12.6. The van der Waals surface area contributed by atoms with Crippen LogP contribution in [0.15, 0.2) is 42.5 Å². The minimum Gasteiger partial charge on any atom is -0.491 e. The molecule has 2 aromatic rings. The van der Waals surface area contributed by atoms with Crippen molar-refractivity contribution in [3.63, 3.8) is 0 Å². The first-order valence-corrected chi connectivity index (χ1v) is 11.1. The Balaban J connectivity index is 1.79. The fraction of sp³-hybridized carbons (Fsp3) is 0.350. The summed E-state index contributed by atoms with van der Waals surface area (Å²) in [6.45, 7) is 4.25. The molecule has 1 heterocycles. The van der Waals surface area contributed by atoms with Gasteiger partial charge in [-0.1, -0.05) is 11.6 Å². The van der Waals surface area contributed by atoms with Crippen molar-refractivity contribution in [1.29, 1.82) is 0 Å². The Hall–Kier alpha value is -2.25. The Morgan fingerprint density at radius 3 is 2.50 bits per heavy atom. The lowest BCUT2D eigenvalue weighted by atomic mass is 10.1. The van der Waals surface area contributed by atoms with Crippen molar-refractivity contribution in [1.82, 2.24) is 0 Å². The first-order chi connectivity index (χ1) is 13.3. The second-order valence-electron chi connectivity index (χ2n) is 6.91. The smallest absolute Gasteiger partial charge is 0.255 e. The van der Waals surface area contributed by atoms with Crippen LogP contribution < -0.4 is 14.4 Å². The number of amides is 1. The molecule has 28 heavy (non-hydrogen) atoms. The van der Waals surface area contributed by atoms with E-state index in [1.54, 1.807) is 36.4 Å². The number of nitrogens with one attached hydrogen (secondary N) is 1. The van der Waals surface area contributed by atoms with Crippen LogP contribution >= 0.6 is 11.6 Å². The van der Waals surface area contributed by atoms with Crippen LogP contribution in [0.25, 0.3) is 0 Å². The molecule has 1 aliphatic heterocycles. The number of halogens is 1. The molecule has 6 nitrogen and oxygen atoms in total. The summed E-state index contributed by atoms with van der Waals surface area (Å²) < 4.78 is 31.6. The molecule has 2 aromatic carbocycles. The van der Waals surface area contributed by atoms with E-state index in [0.717, 1.165) is 12.2 Å². The summed E-state index contributed by atoms with van der Waals surface area (Å²) in [7, 11) is -3.41. The van der Waals surface area contributed by atoms with E-state index in [9.17, 15) is 13.2 Å². The minimum atomic E-state index is -3.41. The van der Waals surface area contributed by atoms with Crippen molar-refractivity contribution in [2.24, 2.45) is 0 Å². The largest absolute Gasteiger partial charge is 0.491 e. The van der Waals surface area contributed by atoms with Crippen LogP contribution in [0.1, 0.15) is 37.0 Å². The highest BCUT2D eigenvalue weighted by atomic mass is 35.5. The zero-order chi connectivity index (χ0) is 20.3. The molecule has 0 saturated carbocycles. The van der Waals surface area contributed by atoms with Crippen molar-refractivity contribution in [2.75, 3.05) is 21.9 Å². The van der Waals surface area contributed by atoms with Crippen molar-refractivity contribution in [3.8, 4) is 5.75 Å². The monoisotopic (exact) mass is 422 g/mol. The van der Waals surface area contributed by atoms with Crippen LogP contribution in [-0.2, 0) is 10.0 Å². The molecule has 1 aliphatic rings. The lowest BCUT2D eigenvalue weighted by Gasteiger charge is -2.29. The molecular weight excluding hydrogens is 400 g/mol.